The Balaban J connectivity index is 1.51. The van der Waals surface area contributed by atoms with Gasteiger partial charge in [-0.05, 0) is 56.6 Å². The van der Waals surface area contributed by atoms with Crippen molar-refractivity contribution in [2.24, 2.45) is 11.8 Å². The lowest BCUT2D eigenvalue weighted by molar-refractivity contribution is -0.131. The number of thioether (sulfide) groups is 1. The molecule has 0 N–H and O–H groups in total. The first-order valence-electron chi connectivity index (χ1n) is 11.2. The van der Waals surface area contributed by atoms with Crippen LogP contribution in [0.1, 0.15) is 52.2 Å². The second-order valence-corrected chi connectivity index (χ2v) is 10.2. The summed E-state index contributed by atoms with van der Waals surface area (Å²) >= 11 is 1.51. The van der Waals surface area contributed by atoms with Crippen molar-refractivity contribution in [2.45, 2.75) is 63.4 Å². The van der Waals surface area contributed by atoms with E-state index < -0.39 is 0 Å². The fourth-order valence-corrected chi connectivity index (χ4v) is 5.13. The molecule has 4 rings (SSSR count). The number of hydrogen-bond donors (Lipinski definition) is 0. The van der Waals surface area contributed by atoms with E-state index in [-0.39, 0.29) is 11.2 Å². The van der Waals surface area contributed by atoms with Crippen LogP contribution >= 0.6 is 11.8 Å². The molecular formula is C22H33N5O2S. The van der Waals surface area contributed by atoms with Crippen molar-refractivity contribution < 1.29 is 9.21 Å². The van der Waals surface area contributed by atoms with Gasteiger partial charge in [0.05, 0.1) is 18.1 Å². The maximum Gasteiger partial charge on any atom is 0.235 e. The Kier molecular flexibility index (Phi) is 6.71. The van der Waals surface area contributed by atoms with Crippen molar-refractivity contribution in [2.75, 3.05) is 31.1 Å². The molecule has 2 aliphatic heterocycles. The highest BCUT2D eigenvalue weighted by atomic mass is 32.2. The molecule has 0 radical (unpaired) electrons. The number of carbonyl (C=O) groups is 1. The van der Waals surface area contributed by atoms with Crippen LogP contribution in [-0.2, 0) is 11.3 Å². The quantitative estimate of drug-likeness (QED) is 0.647. The summed E-state index contributed by atoms with van der Waals surface area (Å²) in [5.74, 6) is 3.41. The molecule has 0 bridgehead atoms. The number of carbonyl (C=O) groups excluding carboxylic acids is 1. The third-order valence-corrected chi connectivity index (χ3v) is 7.45. The molecule has 30 heavy (non-hydrogen) atoms. The van der Waals surface area contributed by atoms with Gasteiger partial charge in [0.2, 0.25) is 11.9 Å². The van der Waals surface area contributed by atoms with Crippen molar-refractivity contribution >= 4 is 23.6 Å². The fraction of sp³-hybridized carbons (Fsp3) is 0.682. The molecule has 0 saturated carbocycles. The minimum atomic E-state index is -0.188. The molecule has 0 aromatic carbocycles. The van der Waals surface area contributed by atoms with Gasteiger partial charge >= 0.3 is 0 Å². The highest BCUT2D eigenvalue weighted by Gasteiger charge is 2.28. The topological polar surface area (TPSA) is 67.4 Å². The van der Waals surface area contributed by atoms with Gasteiger partial charge in [-0.2, -0.15) is 0 Å². The van der Waals surface area contributed by atoms with Crippen molar-refractivity contribution in [3.05, 3.63) is 24.2 Å². The van der Waals surface area contributed by atoms with Gasteiger partial charge in [0.1, 0.15) is 5.76 Å². The van der Waals surface area contributed by atoms with Crippen LogP contribution in [0.2, 0.25) is 0 Å². The van der Waals surface area contributed by atoms with E-state index in [9.17, 15) is 4.79 Å². The Bertz CT molecular complexity index is 821. The molecule has 8 heteroatoms. The second kappa shape index (κ2) is 9.45. The smallest absolute Gasteiger partial charge is 0.235 e. The Morgan fingerprint density at radius 3 is 2.43 bits per heavy atom. The molecule has 2 saturated heterocycles. The highest BCUT2D eigenvalue weighted by Crippen LogP contribution is 2.30. The van der Waals surface area contributed by atoms with Crippen LogP contribution in [0.25, 0.3) is 0 Å². The van der Waals surface area contributed by atoms with Gasteiger partial charge in [-0.1, -0.05) is 25.6 Å². The number of rotatable bonds is 6. The minimum Gasteiger partial charge on any atom is -0.467 e. The SMILES string of the molecule is CC1CCN(C(=O)C(C)Sc2nnc(N3CCC(C)CC3)n2Cc2ccco2)CC1. The molecule has 0 spiro atoms. The Hall–Kier alpha value is -1.96. The number of amides is 1. The Morgan fingerprint density at radius 1 is 1.13 bits per heavy atom. The number of aromatic nitrogens is 3. The van der Waals surface area contributed by atoms with Gasteiger partial charge in [0, 0.05) is 26.2 Å². The summed E-state index contributed by atoms with van der Waals surface area (Å²) in [4.78, 5) is 17.3. The van der Waals surface area contributed by atoms with E-state index >= 15 is 0 Å². The lowest BCUT2D eigenvalue weighted by atomic mass is 9.99. The number of anilines is 1. The Morgan fingerprint density at radius 2 is 1.80 bits per heavy atom. The molecule has 1 amide bonds. The number of piperidine rings is 2. The minimum absolute atomic E-state index is 0.188. The molecule has 2 aromatic rings. The van der Waals surface area contributed by atoms with Crippen LogP contribution in [0.5, 0.6) is 0 Å². The molecule has 7 nitrogen and oxygen atoms in total. The summed E-state index contributed by atoms with van der Waals surface area (Å²) in [7, 11) is 0. The van der Waals surface area contributed by atoms with E-state index in [4.69, 9.17) is 4.42 Å². The second-order valence-electron chi connectivity index (χ2n) is 8.89. The maximum atomic E-state index is 13.0. The zero-order chi connectivity index (χ0) is 21.1. The largest absolute Gasteiger partial charge is 0.467 e. The van der Waals surface area contributed by atoms with Crippen LogP contribution in [-0.4, -0.2) is 57.0 Å². The molecular weight excluding hydrogens is 398 g/mol. The van der Waals surface area contributed by atoms with E-state index in [1.54, 1.807) is 6.26 Å². The van der Waals surface area contributed by atoms with Crippen molar-refractivity contribution in [3.63, 3.8) is 0 Å². The summed E-state index contributed by atoms with van der Waals surface area (Å²) in [6.45, 7) is 10.8. The fourth-order valence-electron chi connectivity index (χ4n) is 4.20. The van der Waals surface area contributed by atoms with E-state index in [1.807, 2.05) is 24.0 Å². The van der Waals surface area contributed by atoms with Crippen molar-refractivity contribution in [1.82, 2.24) is 19.7 Å². The zero-order valence-electron chi connectivity index (χ0n) is 18.3. The van der Waals surface area contributed by atoms with Gasteiger partial charge in [0.25, 0.3) is 0 Å². The first kappa shape index (κ1) is 21.3. The third-order valence-electron chi connectivity index (χ3n) is 6.38. The molecule has 164 valence electrons. The van der Waals surface area contributed by atoms with Gasteiger partial charge in [-0.15, -0.1) is 10.2 Å². The predicted octanol–water partition coefficient (Wildman–Crippen LogP) is 3.89. The summed E-state index contributed by atoms with van der Waals surface area (Å²) < 4.78 is 7.71. The molecule has 2 fully saturated rings. The first-order chi connectivity index (χ1) is 14.5. The lowest BCUT2D eigenvalue weighted by Gasteiger charge is -2.32. The zero-order valence-corrected chi connectivity index (χ0v) is 19.1. The summed E-state index contributed by atoms with van der Waals surface area (Å²) in [5.41, 5.74) is 0. The number of furan rings is 1. The highest BCUT2D eigenvalue weighted by molar-refractivity contribution is 8.00. The van der Waals surface area contributed by atoms with Gasteiger partial charge in [-0.3, -0.25) is 9.36 Å². The van der Waals surface area contributed by atoms with Crippen molar-refractivity contribution in [1.29, 1.82) is 0 Å². The summed E-state index contributed by atoms with van der Waals surface area (Å²) in [5, 5.41) is 9.62. The van der Waals surface area contributed by atoms with Crippen LogP contribution in [0.3, 0.4) is 0 Å². The molecule has 2 aromatic heterocycles. The number of hydrogen-bond acceptors (Lipinski definition) is 6. The lowest BCUT2D eigenvalue weighted by Crippen LogP contribution is -2.41. The van der Waals surface area contributed by atoms with Crippen LogP contribution < -0.4 is 4.90 Å². The van der Waals surface area contributed by atoms with Crippen LogP contribution in [0.4, 0.5) is 5.95 Å². The van der Waals surface area contributed by atoms with E-state index in [0.717, 1.165) is 61.8 Å². The van der Waals surface area contributed by atoms with Crippen molar-refractivity contribution in [3.8, 4) is 0 Å². The van der Waals surface area contributed by atoms with Crippen LogP contribution in [0, 0.1) is 11.8 Å². The number of likely N-dealkylation sites (tertiary alicyclic amines) is 1. The number of nitrogens with zero attached hydrogens (tertiary/aromatic N) is 5. The van der Waals surface area contributed by atoms with Gasteiger partial charge in [0.15, 0.2) is 5.16 Å². The average Bonchev–Trinajstić information content (AvgIpc) is 3.40. The Labute approximate surface area is 183 Å². The molecule has 1 unspecified atom stereocenters. The molecule has 1 atom stereocenters. The monoisotopic (exact) mass is 431 g/mol. The van der Waals surface area contributed by atoms with Crippen LogP contribution in [0.15, 0.2) is 28.0 Å². The standard InChI is InChI=1S/C22H33N5O2S/c1-16-6-10-25(11-7-16)20(28)18(3)30-22-24-23-21(26-12-8-17(2)9-13-26)27(22)15-19-5-4-14-29-19/h4-5,14,16-18H,6-13,15H2,1-3H3. The van der Waals surface area contributed by atoms with E-state index in [0.29, 0.717) is 12.5 Å². The normalized spacial score (nSPS) is 20.0. The van der Waals surface area contributed by atoms with Gasteiger partial charge in [-0.25, -0.2) is 0 Å². The summed E-state index contributed by atoms with van der Waals surface area (Å²) in [6, 6.07) is 3.87. The molecule has 4 heterocycles. The molecule has 2 aliphatic rings. The predicted molar refractivity (Wildman–Crippen MR) is 119 cm³/mol. The maximum absolute atomic E-state index is 13.0. The first-order valence-corrected chi connectivity index (χ1v) is 12.0. The van der Waals surface area contributed by atoms with Gasteiger partial charge < -0.3 is 14.2 Å². The average molecular weight is 432 g/mol. The van der Waals surface area contributed by atoms with E-state index in [2.05, 4.69) is 33.5 Å². The summed E-state index contributed by atoms with van der Waals surface area (Å²) in [6.07, 6.45) is 6.21. The third kappa shape index (κ3) is 4.85. The van der Waals surface area contributed by atoms with E-state index in [1.165, 1.54) is 24.6 Å². The molecule has 0 aliphatic carbocycles.